The number of amides is 1. The number of rotatable bonds is 7. The van der Waals surface area contributed by atoms with E-state index in [4.69, 9.17) is 5.73 Å². The number of benzene rings is 1. The number of carbonyl (C=O) groups excluding carboxylic acids is 1. The Labute approximate surface area is 205 Å². The molecule has 2 aromatic rings. The van der Waals surface area contributed by atoms with Crippen molar-refractivity contribution in [3.8, 4) is 0 Å². The van der Waals surface area contributed by atoms with E-state index in [-0.39, 0.29) is 54.0 Å². The summed E-state index contributed by atoms with van der Waals surface area (Å²) in [5.41, 5.74) is 3.22. The topological polar surface area (TPSA) is 71.6 Å². The molecular formula is C26H28F4N4O2. The average Bonchev–Trinajstić information content (AvgIpc) is 3.24. The first kappa shape index (κ1) is 23.5. The standard InChI is InChI=1S/C26H28F4N4O2/c1-13(14-4-3-5-15(21(14)27)23(28)29)34(22-16-7-32(2)8-17(16)22)19-6-20(35)33(9-18(19)24(31)36)26-10-25(30,11-26)12-26/h3-6,9,13,16-17,22-23H,7-8,10-12H2,1-2H3,(H2,31,36)/t13-,16?,17?,22?,25?,26?/m1/s1. The number of anilines is 1. The molecule has 192 valence electrons. The van der Waals surface area contributed by atoms with Gasteiger partial charge in [-0.25, -0.2) is 17.6 Å². The smallest absolute Gasteiger partial charge is 0.266 e. The van der Waals surface area contributed by atoms with E-state index >= 15 is 4.39 Å². The highest BCUT2D eigenvalue weighted by Crippen LogP contribution is 2.67. The van der Waals surface area contributed by atoms with Crippen LogP contribution in [0.3, 0.4) is 0 Å². The minimum absolute atomic E-state index is 0.0597. The lowest BCUT2D eigenvalue weighted by Gasteiger charge is -2.66. The summed E-state index contributed by atoms with van der Waals surface area (Å²) in [4.78, 5) is 29.9. The molecule has 2 bridgehead atoms. The zero-order valence-electron chi connectivity index (χ0n) is 20.1. The molecule has 10 heteroatoms. The highest BCUT2D eigenvalue weighted by Gasteiger charge is 2.70. The fraction of sp³-hybridized carbons (Fsp3) is 0.538. The molecule has 2 heterocycles. The summed E-state index contributed by atoms with van der Waals surface area (Å²) >= 11 is 0. The van der Waals surface area contributed by atoms with Gasteiger partial charge >= 0.3 is 0 Å². The fourth-order valence-electron chi connectivity index (χ4n) is 7.12. The minimum atomic E-state index is -2.98. The van der Waals surface area contributed by atoms with E-state index in [0.29, 0.717) is 0 Å². The maximum absolute atomic E-state index is 15.2. The van der Waals surface area contributed by atoms with Crippen molar-refractivity contribution < 1.29 is 22.4 Å². The average molecular weight is 505 g/mol. The molecule has 1 saturated heterocycles. The second-order valence-corrected chi connectivity index (χ2v) is 11.2. The van der Waals surface area contributed by atoms with E-state index in [1.807, 2.05) is 11.9 Å². The van der Waals surface area contributed by atoms with Gasteiger partial charge in [0.15, 0.2) is 0 Å². The molecule has 1 aromatic carbocycles. The third kappa shape index (κ3) is 3.26. The number of pyridine rings is 1. The predicted octanol–water partition coefficient (Wildman–Crippen LogP) is 3.75. The van der Waals surface area contributed by atoms with E-state index in [1.165, 1.54) is 29.0 Å². The number of nitrogens with zero attached hydrogens (tertiary/aromatic N) is 3. The Morgan fingerprint density at radius 3 is 2.33 bits per heavy atom. The van der Waals surface area contributed by atoms with Crippen molar-refractivity contribution in [1.29, 1.82) is 0 Å². The molecule has 7 rings (SSSR count). The maximum Gasteiger partial charge on any atom is 0.266 e. The van der Waals surface area contributed by atoms with E-state index in [0.717, 1.165) is 19.2 Å². The Hall–Kier alpha value is -2.88. The lowest BCUT2D eigenvalue weighted by Crippen LogP contribution is -2.71. The molecule has 4 saturated carbocycles. The van der Waals surface area contributed by atoms with Gasteiger partial charge in [-0.2, -0.15) is 0 Å². The Balaban J connectivity index is 1.46. The molecule has 5 fully saturated rings. The van der Waals surface area contributed by atoms with E-state index < -0.39 is 46.5 Å². The van der Waals surface area contributed by atoms with Crippen LogP contribution in [0.2, 0.25) is 0 Å². The first-order chi connectivity index (χ1) is 16.9. The number of nitrogens with two attached hydrogens (primary N) is 1. The van der Waals surface area contributed by atoms with Gasteiger partial charge in [-0.15, -0.1) is 0 Å². The number of alkyl halides is 3. The van der Waals surface area contributed by atoms with Crippen molar-refractivity contribution in [2.24, 2.45) is 17.6 Å². The molecule has 36 heavy (non-hydrogen) atoms. The van der Waals surface area contributed by atoms with Crippen molar-refractivity contribution in [3.05, 3.63) is 63.3 Å². The molecule has 0 radical (unpaired) electrons. The highest BCUT2D eigenvalue weighted by molar-refractivity contribution is 5.98. The minimum Gasteiger partial charge on any atom is -0.365 e. The van der Waals surface area contributed by atoms with E-state index in [2.05, 4.69) is 4.90 Å². The van der Waals surface area contributed by atoms with Gasteiger partial charge in [-0.05, 0) is 25.8 Å². The van der Waals surface area contributed by atoms with Gasteiger partial charge in [0, 0.05) is 56.2 Å². The number of hydrogen-bond donors (Lipinski definition) is 1. The summed E-state index contributed by atoms with van der Waals surface area (Å²) in [6.45, 7) is 3.28. The number of carbonyl (C=O) groups is 1. The van der Waals surface area contributed by atoms with Crippen molar-refractivity contribution >= 4 is 11.6 Å². The molecule has 2 unspecified atom stereocenters. The van der Waals surface area contributed by atoms with Gasteiger partial charge in [-0.1, -0.05) is 18.2 Å². The molecule has 6 nitrogen and oxygen atoms in total. The van der Waals surface area contributed by atoms with Crippen LogP contribution in [0.1, 0.15) is 60.1 Å². The number of piperidine rings is 1. The lowest BCUT2D eigenvalue weighted by atomic mass is 9.47. The van der Waals surface area contributed by atoms with Gasteiger partial charge < -0.3 is 20.1 Å². The largest absolute Gasteiger partial charge is 0.365 e. The number of primary amides is 1. The first-order valence-corrected chi connectivity index (χ1v) is 12.2. The molecule has 5 aliphatic rings. The SMILES string of the molecule is C[C@H](c1cccc(C(F)F)c1F)N(c1cc(=O)n(C23CC(F)(C2)C3)cc1C(N)=O)C1C2CN(C)CC21. The lowest BCUT2D eigenvalue weighted by molar-refractivity contribution is -0.199. The third-order valence-corrected chi connectivity index (χ3v) is 8.84. The zero-order chi connectivity index (χ0) is 25.7. The van der Waals surface area contributed by atoms with Crippen LogP contribution in [0, 0.1) is 17.7 Å². The molecule has 3 atom stereocenters. The normalized spacial score (nSPS) is 33.0. The summed E-state index contributed by atoms with van der Waals surface area (Å²) < 4.78 is 57.7. The van der Waals surface area contributed by atoms with Crippen LogP contribution >= 0.6 is 0 Å². The summed E-state index contributed by atoms with van der Waals surface area (Å²) in [7, 11) is 2.00. The number of likely N-dealkylation sites (tertiary alicyclic amines) is 1. The summed E-state index contributed by atoms with van der Waals surface area (Å²) in [6.07, 6.45) is -0.891. The van der Waals surface area contributed by atoms with Crippen LogP contribution in [0.5, 0.6) is 0 Å². The van der Waals surface area contributed by atoms with Crippen molar-refractivity contribution in [1.82, 2.24) is 9.47 Å². The monoisotopic (exact) mass is 504 g/mol. The molecule has 1 aliphatic heterocycles. The third-order valence-electron chi connectivity index (χ3n) is 8.84. The summed E-state index contributed by atoms with van der Waals surface area (Å²) in [6, 6.07) is 4.37. The Morgan fingerprint density at radius 1 is 1.17 bits per heavy atom. The van der Waals surface area contributed by atoms with Gasteiger partial charge in [0.25, 0.3) is 17.9 Å². The second-order valence-electron chi connectivity index (χ2n) is 11.2. The van der Waals surface area contributed by atoms with Crippen LogP contribution in [0.4, 0.5) is 23.2 Å². The molecule has 1 aromatic heterocycles. The number of hydrogen-bond acceptors (Lipinski definition) is 4. The number of fused-ring (bicyclic) bond motifs is 1. The van der Waals surface area contributed by atoms with Crippen LogP contribution in [0.15, 0.2) is 35.3 Å². The maximum atomic E-state index is 15.2. The van der Waals surface area contributed by atoms with Gasteiger partial charge in [0.05, 0.1) is 28.4 Å². The van der Waals surface area contributed by atoms with E-state index in [9.17, 15) is 22.8 Å². The van der Waals surface area contributed by atoms with Crippen LogP contribution in [-0.4, -0.2) is 47.2 Å². The van der Waals surface area contributed by atoms with Gasteiger partial charge in [0.1, 0.15) is 11.5 Å². The molecule has 1 amide bonds. The van der Waals surface area contributed by atoms with E-state index in [1.54, 1.807) is 6.92 Å². The fourth-order valence-corrected chi connectivity index (χ4v) is 7.12. The first-order valence-electron chi connectivity index (χ1n) is 12.2. The Bertz CT molecular complexity index is 1300. The zero-order valence-corrected chi connectivity index (χ0v) is 20.1. The van der Waals surface area contributed by atoms with Crippen LogP contribution < -0.4 is 16.2 Å². The van der Waals surface area contributed by atoms with Crippen LogP contribution in [-0.2, 0) is 5.54 Å². The summed E-state index contributed by atoms with van der Waals surface area (Å²) in [5, 5.41) is 0. The quantitative estimate of drug-likeness (QED) is 0.583. The molecule has 0 spiro atoms. The highest BCUT2D eigenvalue weighted by atomic mass is 19.3. The summed E-state index contributed by atoms with van der Waals surface area (Å²) in [5.74, 6) is -1.30. The van der Waals surface area contributed by atoms with Crippen molar-refractivity contribution in [2.75, 3.05) is 25.0 Å². The molecular weight excluding hydrogens is 476 g/mol. The van der Waals surface area contributed by atoms with Crippen molar-refractivity contribution in [2.45, 2.75) is 55.9 Å². The predicted molar refractivity (Wildman–Crippen MR) is 125 cm³/mol. The second kappa shape index (κ2) is 7.57. The Morgan fingerprint density at radius 2 is 1.78 bits per heavy atom. The van der Waals surface area contributed by atoms with Crippen molar-refractivity contribution in [3.63, 3.8) is 0 Å². The molecule has 2 N–H and O–H groups in total. The molecule has 4 aliphatic carbocycles. The van der Waals surface area contributed by atoms with Crippen LogP contribution in [0.25, 0.3) is 0 Å². The Kier molecular flexibility index (Phi) is 4.94. The number of aromatic nitrogens is 1. The number of halogens is 4. The van der Waals surface area contributed by atoms with Gasteiger partial charge in [0.2, 0.25) is 0 Å². The van der Waals surface area contributed by atoms with Gasteiger partial charge in [-0.3, -0.25) is 9.59 Å².